The van der Waals surface area contributed by atoms with E-state index in [1.807, 2.05) is 0 Å². The summed E-state index contributed by atoms with van der Waals surface area (Å²) in [5.41, 5.74) is 0.423. The molecular weight excluding hydrogens is 232 g/mol. The Bertz CT molecular complexity index is 199. The van der Waals surface area contributed by atoms with E-state index in [9.17, 15) is 0 Å². The first-order valence-electron chi connectivity index (χ1n) is 6.34. The predicted octanol–water partition coefficient (Wildman–Crippen LogP) is 6.16. The minimum absolute atomic E-state index is 0.369. The molecule has 0 spiro atoms. The molecule has 0 aromatic heterocycles. The average molecular weight is 263 g/mol. The Kier molecular flexibility index (Phi) is 6.30. The molecule has 0 atom stereocenters. The quantitative estimate of drug-likeness (QED) is 0.526. The molecule has 0 amide bonds. The molecule has 0 N–H and O–H groups in total. The van der Waals surface area contributed by atoms with E-state index in [-0.39, 0.29) is 0 Å². The second kappa shape index (κ2) is 6.04. The van der Waals surface area contributed by atoms with Gasteiger partial charge in [0.1, 0.15) is 0 Å². The van der Waals surface area contributed by atoms with Crippen LogP contribution in [0.25, 0.3) is 0 Å². The molecule has 98 valence electrons. The van der Waals surface area contributed by atoms with Crippen LogP contribution in [-0.2, 0) is 0 Å². The van der Waals surface area contributed by atoms with Crippen LogP contribution in [0, 0.1) is 5.41 Å². The zero-order valence-corrected chi connectivity index (χ0v) is 14.1. The summed E-state index contributed by atoms with van der Waals surface area (Å²) < 4.78 is 0.780. The lowest BCUT2D eigenvalue weighted by Crippen LogP contribution is -2.24. The number of hydrogen-bond donors (Lipinski definition) is 0. The van der Waals surface area contributed by atoms with Gasteiger partial charge in [-0.2, -0.15) is 0 Å². The van der Waals surface area contributed by atoms with E-state index in [2.05, 4.69) is 77.0 Å². The van der Waals surface area contributed by atoms with E-state index < -0.39 is 0 Å². The minimum atomic E-state index is 0.369. The fourth-order valence-corrected chi connectivity index (χ4v) is 5.19. The molecule has 0 unspecified atom stereocenters. The largest absolute Gasteiger partial charge is 0.0873 e. The van der Waals surface area contributed by atoms with Crippen molar-refractivity contribution in [3.05, 3.63) is 0 Å². The molecule has 0 rings (SSSR count). The van der Waals surface area contributed by atoms with Crippen molar-refractivity contribution >= 4 is 21.6 Å². The van der Waals surface area contributed by atoms with Crippen LogP contribution in [0.5, 0.6) is 0 Å². The van der Waals surface area contributed by atoms with Gasteiger partial charge < -0.3 is 0 Å². The summed E-state index contributed by atoms with van der Waals surface area (Å²) in [6.45, 7) is 18.7. The molecule has 2 heteroatoms. The summed E-state index contributed by atoms with van der Waals surface area (Å²) in [7, 11) is 4.14. The fraction of sp³-hybridized carbons (Fsp3) is 1.00. The molecule has 0 aromatic carbocycles. The van der Waals surface area contributed by atoms with Gasteiger partial charge in [-0.25, -0.2) is 0 Å². The second-order valence-corrected chi connectivity index (χ2v) is 10.7. The highest BCUT2D eigenvalue weighted by Crippen LogP contribution is 2.48. The average Bonchev–Trinajstić information content (AvgIpc) is 1.97. The fourth-order valence-electron chi connectivity index (χ4n) is 2.18. The molecular formula is C14H30S2. The topological polar surface area (TPSA) is 0 Å². The smallest absolute Gasteiger partial charge is 0.0212 e. The maximum atomic E-state index is 2.37. The molecule has 0 bridgehead atoms. The standard InChI is InChI=1S/C14H30S2/c1-9-10-13(5,6)15-16-14(7,8)11-12(2,3)4/h9-11H2,1-8H3. The van der Waals surface area contributed by atoms with Gasteiger partial charge >= 0.3 is 0 Å². The van der Waals surface area contributed by atoms with Gasteiger partial charge in [0.2, 0.25) is 0 Å². The summed E-state index contributed by atoms with van der Waals surface area (Å²) in [5, 5.41) is 0. The van der Waals surface area contributed by atoms with Crippen molar-refractivity contribution in [1.82, 2.24) is 0 Å². The number of hydrogen-bond acceptors (Lipinski definition) is 2. The zero-order valence-electron chi connectivity index (χ0n) is 12.4. The summed E-state index contributed by atoms with van der Waals surface area (Å²) in [6.07, 6.45) is 3.84. The summed E-state index contributed by atoms with van der Waals surface area (Å²) in [4.78, 5) is 0. The van der Waals surface area contributed by atoms with E-state index in [0.29, 0.717) is 14.9 Å². The SMILES string of the molecule is CCCC(C)(C)SSC(C)(C)CC(C)(C)C. The summed E-state index contributed by atoms with van der Waals surface area (Å²) in [5.74, 6) is 0. The molecule has 0 aliphatic heterocycles. The molecule has 0 aliphatic rings. The van der Waals surface area contributed by atoms with Crippen LogP contribution in [0.3, 0.4) is 0 Å². The Balaban J connectivity index is 4.18. The lowest BCUT2D eigenvalue weighted by atomic mass is 9.86. The van der Waals surface area contributed by atoms with Crippen molar-refractivity contribution in [3.8, 4) is 0 Å². The van der Waals surface area contributed by atoms with Crippen LogP contribution in [0.4, 0.5) is 0 Å². The van der Waals surface area contributed by atoms with E-state index in [4.69, 9.17) is 0 Å². The molecule has 0 fully saturated rings. The third-order valence-electron chi connectivity index (χ3n) is 2.30. The minimum Gasteiger partial charge on any atom is -0.0873 e. The van der Waals surface area contributed by atoms with Crippen molar-refractivity contribution in [2.75, 3.05) is 0 Å². The van der Waals surface area contributed by atoms with Crippen molar-refractivity contribution in [3.63, 3.8) is 0 Å². The Hall–Kier alpha value is 0.700. The van der Waals surface area contributed by atoms with Crippen molar-refractivity contribution in [2.24, 2.45) is 5.41 Å². The van der Waals surface area contributed by atoms with Crippen molar-refractivity contribution < 1.29 is 0 Å². The Morgan fingerprint density at radius 1 is 0.750 bits per heavy atom. The normalized spacial score (nSPS) is 14.2. The zero-order chi connectivity index (χ0) is 13.0. The molecule has 0 aromatic rings. The van der Waals surface area contributed by atoms with E-state index >= 15 is 0 Å². The highest BCUT2D eigenvalue weighted by atomic mass is 33.1. The monoisotopic (exact) mass is 262 g/mol. The Labute approximate surface area is 111 Å². The summed E-state index contributed by atoms with van der Waals surface area (Å²) in [6, 6.07) is 0. The van der Waals surface area contributed by atoms with Gasteiger partial charge in [0.05, 0.1) is 0 Å². The third kappa shape index (κ3) is 8.81. The first-order chi connectivity index (χ1) is 6.97. The van der Waals surface area contributed by atoms with Gasteiger partial charge in [0, 0.05) is 9.49 Å². The summed E-state index contributed by atoms with van der Waals surface area (Å²) >= 11 is 0. The van der Waals surface area contributed by atoms with Crippen molar-refractivity contribution in [1.29, 1.82) is 0 Å². The highest BCUT2D eigenvalue weighted by molar-refractivity contribution is 8.77. The lowest BCUT2D eigenvalue weighted by molar-refractivity contribution is 0.340. The van der Waals surface area contributed by atoms with Gasteiger partial charge in [-0.1, -0.05) is 55.7 Å². The molecule has 0 saturated carbocycles. The third-order valence-corrected chi connectivity index (χ3v) is 6.59. The predicted molar refractivity (Wildman–Crippen MR) is 82.3 cm³/mol. The van der Waals surface area contributed by atoms with Crippen molar-refractivity contribution in [2.45, 2.75) is 84.1 Å². The van der Waals surface area contributed by atoms with Crippen LogP contribution < -0.4 is 0 Å². The highest BCUT2D eigenvalue weighted by Gasteiger charge is 2.29. The maximum absolute atomic E-state index is 2.37. The van der Waals surface area contributed by atoms with Crippen LogP contribution in [0.2, 0.25) is 0 Å². The number of rotatable bonds is 6. The first kappa shape index (κ1) is 16.7. The van der Waals surface area contributed by atoms with E-state index in [1.54, 1.807) is 0 Å². The molecule has 0 aliphatic carbocycles. The van der Waals surface area contributed by atoms with Crippen LogP contribution in [-0.4, -0.2) is 9.49 Å². The molecule has 0 saturated heterocycles. The van der Waals surface area contributed by atoms with Crippen LogP contribution in [0.1, 0.15) is 74.7 Å². The molecule has 0 heterocycles. The van der Waals surface area contributed by atoms with Crippen LogP contribution >= 0.6 is 21.6 Å². The van der Waals surface area contributed by atoms with E-state index in [0.717, 1.165) is 0 Å². The first-order valence-corrected chi connectivity index (χ1v) is 8.49. The van der Waals surface area contributed by atoms with Gasteiger partial charge in [0.25, 0.3) is 0 Å². The maximum Gasteiger partial charge on any atom is 0.0212 e. The van der Waals surface area contributed by atoms with Gasteiger partial charge in [0.15, 0.2) is 0 Å². The van der Waals surface area contributed by atoms with Gasteiger partial charge in [-0.15, -0.1) is 0 Å². The Morgan fingerprint density at radius 3 is 1.56 bits per heavy atom. The lowest BCUT2D eigenvalue weighted by Gasteiger charge is -2.34. The molecule has 16 heavy (non-hydrogen) atoms. The second-order valence-electron chi connectivity index (χ2n) is 7.17. The van der Waals surface area contributed by atoms with E-state index in [1.165, 1.54) is 19.3 Å². The molecule has 0 radical (unpaired) electrons. The van der Waals surface area contributed by atoms with Gasteiger partial charge in [-0.3, -0.25) is 0 Å². The Morgan fingerprint density at radius 2 is 1.19 bits per heavy atom. The van der Waals surface area contributed by atoms with Gasteiger partial charge in [-0.05, 0) is 46.0 Å². The molecule has 0 nitrogen and oxygen atoms in total. The van der Waals surface area contributed by atoms with Crippen LogP contribution in [0.15, 0.2) is 0 Å².